The van der Waals surface area contributed by atoms with E-state index in [1.807, 2.05) is 0 Å². The molecule has 2 heterocycles. The maximum atomic E-state index is 12.6. The van der Waals surface area contributed by atoms with Gasteiger partial charge in [0, 0.05) is 46.2 Å². The van der Waals surface area contributed by atoms with Crippen LogP contribution in [0.4, 0.5) is 0 Å². The van der Waals surface area contributed by atoms with E-state index in [2.05, 4.69) is 0 Å². The molecule has 2 saturated heterocycles. The Hall–Kier alpha value is -1.93. The summed E-state index contributed by atoms with van der Waals surface area (Å²) < 4.78 is 26.6. The van der Waals surface area contributed by atoms with E-state index in [1.165, 1.54) is 4.31 Å². The summed E-state index contributed by atoms with van der Waals surface area (Å²) in [5.41, 5.74) is 0. The van der Waals surface area contributed by atoms with Crippen molar-refractivity contribution in [2.24, 2.45) is 5.92 Å². The van der Waals surface area contributed by atoms with Gasteiger partial charge in [0.1, 0.15) is 0 Å². The minimum atomic E-state index is -3.51. The first-order valence-electron chi connectivity index (χ1n) is 7.97. The minimum absolute atomic E-state index is 0.0151. The van der Waals surface area contributed by atoms with E-state index in [4.69, 9.17) is 0 Å². The van der Waals surface area contributed by atoms with Crippen molar-refractivity contribution in [3.8, 4) is 0 Å². The van der Waals surface area contributed by atoms with Crippen LogP contribution in [0.15, 0.2) is 35.2 Å². The van der Waals surface area contributed by atoms with Crippen LogP contribution >= 0.6 is 0 Å². The van der Waals surface area contributed by atoms with Crippen molar-refractivity contribution < 1.29 is 18.0 Å². The zero-order chi connectivity index (χ0) is 17.3. The zero-order valence-electron chi connectivity index (χ0n) is 13.6. The Balaban J connectivity index is 1.62. The molecular weight excluding hydrogens is 330 g/mol. The predicted octanol–water partition coefficient (Wildman–Crippen LogP) is -0.00220. The smallest absolute Gasteiger partial charge is 0.243 e. The van der Waals surface area contributed by atoms with E-state index in [1.54, 1.807) is 47.2 Å². The molecule has 1 aromatic rings. The molecular formula is C16H21N3O4S. The lowest BCUT2D eigenvalue weighted by atomic mass is 10.1. The Bertz CT molecular complexity index is 727. The molecule has 3 rings (SSSR count). The molecule has 2 amide bonds. The summed E-state index contributed by atoms with van der Waals surface area (Å²) >= 11 is 0. The number of piperazine rings is 1. The third-order valence-electron chi connectivity index (χ3n) is 4.62. The topological polar surface area (TPSA) is 78.0 Å². The number of carbonyl (C=O) groups excluding carboxylic acids is 2. The van der Waals surface area contributed by atoms with Gasteiger partial charge in [0.05, 0.1) is 10.8 Å². The van der Waals surface area contributed by atoms with Gasteiger partial charge in [-0.05, 0) is 12.1 Å². The molecule has 7 nitrogen and oxygen atoms in total. The standard InChI is InChI=1S/C16H21N3O4S/c1-17-12-13(11-15(17)20)16(21)18-7-9-19(10-8-18)24(22,23)14-5-3-2-4-6-14/h2-6,13H,7-12H2,1H3/t13-/m1/s1. The van der Waals surface area contributed by atoms with E-state index < -0.39 is 10.0 Å². The molecule has 8 heteroatoms. The van der Waals surface area contributed by atoms with E-state index in [-0.39, 0.29) is 42.1 Å². The van der Waals surface area contributed by atoms with Crippen molar-refractivity contribution in [2.75, 3.05) is 39.8 Å². The number of nitrogens with zero attached hydrogens (tertiary/aromatic N) is 3. The second-order valence-electron chi connectivity index (χ2n) is 6.22. The minimum Gasteiger partial charge on any atom is -0.345 e. The summed E-state index contributed by atoms with van der Waals surface area (Å²) in [6.07, 6.45) is 0.248. The Labute approximate surface area is 141 Å². The fourth-order valence-corrected chi connectivity index (χ4v) is 4.62. The molecule has 0 aliphatic carbocycles. The third kappa shape index (κ3) is 3.16. The number of hydrogen-bond donors (Lipinski definition) is 0. The summed E-state index contributed by atoms with van der Waals surface area (Å²) in [6.45, 7) is 1.72. The van der Waals surface area contributed by atoms with E-state index in [0.29, 0.717) is 19.6 Å². The van der Waals surface area contributed by atoms with Crippen molar-refractivity contribution in [1.82, 2.24) is 14.1 Å². The van der Waals surface area contributed by atoms with Crippen LogP contribution in [0.3, 0.4) is 0 Å². The van der Waals surface area contributed by atoms with Crippen LogP contribution in [-0.2, 0) is 19.6 Å². The van der Waals surface area contributed by atoms with Gasteiger partial charge in [-0.3, -0.25) is 9.59 Å². The van der Waals surface area contributed by atoms with Gasteiger partial charge in [-0.1, -0.05) is 18.2 Å². The highest BCUT2D eigenvalue weighted by atomic mass is 32.2. The molecule has 0 radical (unpaired) electrons. The van der Waals surface area contributed by atoms with Crippen molar-refractivity contribution in [3.05, 3.63) is 30.3 Å². The lowest BCUT2D eigenvalue weighted by Gasteiger charge is -2.35. The molecule has 0 saturated carbocycles. The van der Waals surface area contributed by atoms with Crippen molar-refractivity contribution in [2.45, 2.75) is 11.3 Å². The molecule has 0 unspecified atom stereocenters. The molecule has 130 valence electrons. The summed E-state index contributed by atoms with van der Waals surface area (Å²) in [7, 11) is -1.82. The van der Waals surface area contributed by atoms with Gasteiger partial charge < -0.3 is 9.80 Å². The van der Waals surface area contributed by atoms with Crippen molar-refractivity contribution >= 4 is 21.8 Å². The SMILES string of the molecule is CN1C[C@H](C(=O)N2CCN(S(=O)(=O)c3ccccc3)CC2)CC1=O. The number of hydrogen-bond acceptors (Lipinski definition) is 4. The van der Waals surface area contributed by atoms with Crippen LogP contribution in [0, 0.1) is 5.92 Å². The summed E-state index contributed by atoms with van der Waals surface area (Å²) in [5, 5.41) is 0. The molecule has 2 aliphatic heterocycles. The monoisotopic (exact) mass is 351 g/mol. The molecule has 0 N–H and O–H groups in total. The van der Waals surface area contributed by atoms with Crippen LogP contribution in [0.1, 0.15) is 6.42 Å². The maximum absolute atomic E-state index is 12.6. The number of likely N-dealkylation sites (tertiary alicyclic amines) is 1. The fourth-order valence-electron chi connectivity index (χ4n) is 3.18. The van der Waals surface area contributed by atoms with E-state index >= 15 is 0 Å². The number of amides is 2. The van der Waals surface area contributed by atoms with Crippen LogP contribution < -0.4 is 0 Å². The van der Waals surface area contributed by atoms with Crippen molar-refractivity contribution in [1.29, 1.82) is 0 Å². The lowest BCUT2D eigenvalue weighted by molar-refractivity contribution is -0.137. The summed E-state index contributed by atoms with van der Waals surface area (Å²) in [6, 6.07) is 8.32. The molecule has 0 bridgehead atoms. The first kappa shape index (κ1) is 16.9. The Morgan fingerprint density at radius 2 is 1.71 bits per heavy atom. The largest absolute Gasteiger partial charge is 0.345 e. The highest BCUT2D eigenvalue weighted by Crippen LogP contribution is 2.21. The van der Waals surface area contributed by atoms with Crippen molar-refractivity contribution in [3.63, 3.8) is 0 Å². The number of carbonyl (C=O) groups is 2. The zero-order valence-corrected chi connectivity index (χ0v) is 14.4. The van der Waals surface area contributed by atoms with Gasteiger partial charge in [-0.2, -0.15) is 4.31 Å². The number of sulfonamides is 1. The lowest BCUT2D eigenvalue weighted by Crippen LogP contribution is -2.52. The molecule has 1 aromatic carbocycles. The molecule has 2 aliphatic rings. The number of rotatable bonds is 3. The van der Waals surface area contributed by atoms with E-state index in [9.17, 15) is 18.0 Å². The van der Waals surface area contributed by atoms with Crippen LogP contribution in [-0.4, -0.2) is 74.1 Å². The highest BCUT2D eigenvalue weighted by molar-refractivity contribution is 7.89. The number of benzene rings is 1. The Morgan fingerprint density at radius 3 is 2.25 bits per heavy atom. The average molecular weight is 351 g/mol. The van der Waals surface area contributed by atoms with Gasteiger partial charge in [0.25, 0.3) is 0 Å². The van der Waals surface area contributed by atoms with E-state index in [0.717, 1.165) is 0 Å². The molecule has 1 atom stereocenters. The normalized spacial score (nSPS) is 22.9. The van der Waals surface area contributed by atoms with Crippen LogP contribution in [0.2, 0.25) is 0 Å². The van der Waals surface area contributed by atoms with Crippen LogP contribution in [0.25, 0.3) is 0 Å². The predicted molar refractivity (Wildman–Crippen MR) is 87.5 cm³/mol. The maximum Gasteiger partial charge on any atom is 0.243 e. The quantitative estimate of drug-likeness (QED) is 0.768. The molecule has 0 aromatic heterocycles. The summed E-state index contributed by atoms with van der Waals surface area (Å²) in [5.74, 6) is -0.372. The fraction of sp³-hybridized carbons (Fsp3) is 0.500. The Morgan fingerprint density at radius 1 is 1.08 bits per heavy atom. The second-order valence-corrected chi connectivity index (χ2v) is 8.16. The highest BCUT2D eigenvalue weighted by Gasteiger charge is 2.37. The first-order chi connectivity index (χ1) is 11.4. The second kappa shape index (κ2) is 6.52. The average Bonchev–Trinajstić information content (AvgIpc) is 2.94. The molecule has 0 spiro atoms. The van der Waals surface area contributed by atoms with Gasteiger partial charge in [0.2, 0.25) is 21.8 Å². The Kier molecular flexibility index (Phi) is 4.60. The van der Waals surface area contributed by atoms with Gasteiger partial charge in [-0.15, -0.1) is 0 Å². The first-order valence-corrected chi connectivity index (χ1v) is 9.41. The third-order valence-corrected chi connectivity index (χ3v) is 6.53. The molecule has 2 fully saturated rings. The molecule has 24 heavy (non-hydrogen) atoms. The summed E-state index contributed by atoms with van der Waals surface area (Å²) in [4.78, 5) is 27.6. The van der Waals surface area contributed by atoms with Crippen LogP contribution in [0.5, 0.6) is 0 Å². The van der Waals surface area contributed by atoms with Gasteiger partial charge in [0.15, 0.2) is 0 Å². The van der Waals surface area contributed by atoms with Gasteiger partial charge in [-0.25, -0.2) is 8.42 Å². The van der Waals surface area contributed by atoms with Gasteiger partial charge >= 0.3 is 0 Å².